The molecule has 0 aliphatic rings. The largest absolute Gasteiger partial charge is 0.463 e. The van der Waals surface area contributed by atoms with Gasteiger partial charge in [-0.05, 0) is 45.2 Å². The van der Waals surface area contributed by atoms with Crippen LogP contribution in [0.3, 0.4) is 0 Å². The summed E-state index contributed by atoms with van der Waals surface area (Å²) in [6.45, 7) is 7.44. The number of hydrogen-bond donors (Lipinski definition) is 0. The highest BCUT2D eigenvalue weighted by Crippen LogP contribution is 2.48. The lowest BCUT2D eigenvalue weighted by molar-refractivity contribution is -0.344. The van der Waals surface area contributed by atoms with Crippen LogP contribution in [0.2, 0.25) is 38.8 Å². The van der Waals surface area contributed by atoms with E-state index in [1.165, 1.54) is 0 Å². The van der Waals surface area contributed by atoms with E-state index in [-0.39, 0.29) is 12.7 Å². The van der Waals surface area contributed by atoms with Crippen molar-refractivity contribution in [3.63, 3.8) is 0 Å². The van der Waals surface area contributed by atoms with Crippen molar-refractivity contribution < 1.29 is 58.3 Å². The van der Waals surface area contributed by atoms with E-state index >= 15 is 0 Å². The van der Waals surface area contributed by atoms with Gasteiger partial charge < -0.3 is 13.6 Å². The lowest BCUT2D eigenvalue weighted by Gasteiger charge is -2.31. The number of carbonyl (C=O) groups is 2. The van der Waals surface area contributed by atoms with Crippen LogP contribution < -0.4 is 0 Å². The van der Waals surface area contributed by atoms with Gasteiger partial charge in [-0.2, -0.15) is 26.3 Å². The molecular weight excluding hydrogens is 492 g/mol. The molecule has 0 fully saturated rings. The third-order valence-electron chi connectivity index (χ3n) is 3.65. The monoisotopic (exact) mass is 518 g/mol. The summed E-state index contributed by atoms with van der Waals surface area (Å²) in [5.74, 6) is -21.5. The van der Waals surface area contributed by atoms with E-state index in [0.29, 0.717) is 18.5 Å². The van der Waals surface area contributed by atoms with Gasteiger partial charge in [-0.3, -0.25) is 0 Å². The average molecular weight is 519 g/mol. The van der Waals surface area contributed by atoms with E-state index in [0.717, 1.165) is 0 Å². The third-order valence-corrected chi connectivity index (χ3v) is 9.87. The van der Waals surface area contributed by atoms with Crippen molar-refractivity contribution in [2.45, 2.75) is 69.4 Å². The minimum Gasteiger partial charge on any atom is -0.463 e. The van der Waals surface area contributed by atoms with E-state index in [9.17, 15) is 44.7 Å². The first-order valence-corrected chi connectivity index (χ1v) is 15.8. The van der Waals surface area contributed by atoms with Gasteiger partial charge in [-0.25, -0.2) is 18.4 Å². The fraction of sp³-hybridized carbons (Fsp3) is 0.765. The Morgan fingerprint density at radius 2 is 1.34 bits per heavy atom. The Labute approximate surface area is 182 Å². The Kier molecular flexibility index (Phi) is 10.6. The highest BCUT2D eigenvalue weighted by atomic mass is 28.4. The zero-order valence-electron chi connectivity index (χ0n) is 18.1. The quantitative estimate of drug-likeness (QED) is 0.110. The molecule has 0 unspecified atom stereocenters. The van der Waals surface area contributed by atoms with Crippen molar-refractivity contribution in [1.29, 1.82) is 0 Å². The minimum atomic E-state index is -6.49. The normalized spacial score (nSPS) is 14.2. The first kappa shape index (κ1) is 30.5. The van der Waals surface area contributed by atoms with Crippen LogP contribution >= 0.6 is 0 Å². The molecule has 0 amide bonds. The molecule has 0 bridgehead atoms. The van der Waals surface area contributed by atoms with Crippen LogP contribution in [0.1, 0.15) is 6.42 Å². The lowest BCUT2D eigenvalue weighted by Crippen LogP contribution is -2.59. The van der Waals surface area contributed by atoms with Crippen molar-refractivity contribution in [1.82, 2.24) is 0 Å². The van der Waals surface area contributed by atoms with Crippen molar-refractivity contribution in [3.8, 4) is 0 Å². The maximum absolute atomic E-state index is 13.3. The standard InChI is InChI=1S/C17H26F8O5Si2/c1-31(2,3)30-32(4,5)10-6-9-28-12(26)7-8-13(27)29-11-15(20,21)17(24,25)16(22,23)14(18)19/h7-8,14H,6,9-11H2,1-5H3/b8-7+. The molecule has 32 heavy (non-hydrogen) atoms. The molecule has 0 radical (unpaired) electrons. The molecule has 0 heterocycles. The molecule has 0 saturated heterocycles. The predicted octanol–water partition coefficient (Wildman–Crippen LogP) is 5.25. The fourth-order valence-corrected chi connectivity index (χ4v) is 10.5. The van der Waals surface area contributed by atoms with Crippen LogP contribution in [0.5, 0.6) is 0 Å². The van der Waals surface area contributed by atoms with Crippen molar-refractivity contribution in [2.24, 2.45) is 0 Å². The number of esters is 2. The third kappa shape index (κ3) is 9.56. The second-order valence-electron chi connectivity index (χ2n) is 8.39. The Balaban J connectivity index is 4.58. The van der Waals surface area contributed by atoms with Crippen LogP contribution in [0.4, 0.5) is 35.1 Å². The Morgan fingerprint density at radius 1 is 0.875 bits per heavy atom. The summed E-state index contributed by atoms with van der Waals surface area (Å²) in [5, 5.41) is 0. The van der Waals surface area contributed by atoms with Crippen molar-refractivity contribution in [3.05, 3.63) is 12.2 Å². The molecule has 0 aliphatic carbocycles. The zero-order chi connectivity index (χ0) is 25.6. The maximum atomic E-state index is 13.3. The molecule has 0 aromatic rings. The van der Waals surface area contributed by atoms with Crippen LogP contribution in [0.25, 0.3) is 0 Å². The van der Waals surface area contributed by atoms with Gasteiger partial charge in [-0.1, -0.05) is 0 Å². The zero-order valence-corrected chi connectivity index (χ0v) is 20.1. The van der Waals surface area contributed by atoms with Gasteiger partial charge in [0.05, 0.1) is 6.61 Å². The number of carbonyl (C=O) groups excluding carboxylic acids is 2. The van der Waals surface area contributed by atoms with Crippen LogP contribution in [0.15, 0.2) is 12.2 Å². The second kappa shape index (κ2) is 11.1. The topological polar surface area (TPSA) is 61.8 Å². The molecule has 0 aromatic carbocycles. The summed E-state index contributed by atoms with van der Waals surface area (Å²) in [6, 6.07) is 0.669. The van der Waals surface area contributed by atoms with Gasteiger partial charge in [0, 0.05) is 12.2 Å². The first-order chi connectivity index (χ1) is 14.1. The Hall–Kier alpha value is -1.49. The Bertz CT molecular complexity index is 678. The number of halogens is 8. The van der Waals surface area contributed by atoms with E-state index in [1.807, 2.05) is 32.7 Å². The van der Waals surface area contributed by atoms with Gasteiger partial charge in [0.15, 0.2) is 23.2 Å². The van der Waals surface area contributed by atoms with Crippen LogP contribution in [-0.4, -0.2) is 66.0 Å². The van der Waals surface area contributed by atoms with Gasteiger partial charge >= 0.3 is 36.1 Å². The van der Waals surface area contributed by atoms with E-state index in [2.05, 4.69) is 4.74 Å². The number of hydrogen-bond acceptors (Lipinski definition) is 5. The summed E-state index contributed by atoms with van der Waals surface area (Å²) in [7, 11) is -3.70. The molecule has 0 rings (SSSR count). The molecule has 0 aliphatic heterocycles. The molecule has 0 N–H and O–H groups in total. The van der Waals surface area contributed by atoms with Gasteiger partial charge in [-0.15, -0.1) is 0 Å². The van der Waals surface area contributed by atoms with E-state index in [4.69, 9.17) is 8.85 Å². The van der Waals surface area contributed by atoms with Crippen molar-refractivity contribution >= 4 is 28.6 Å². The average Bonchev–Trinajstić information content (AvgIpc) is 2.59. The van der Waals surface area contributed by atoms with Crippen LogP contribution in [-0.2, 0) is 23.2 Å². The summed E-state index contributed by atoms with van der Waals surface area (Å²) < 4.78 is 117. The number of alkyl halides is 8. The molecular formula is C17H26F8O5Si2. The molecule has 0 spiro atoms. The molecule has 0 saturated carbocycles. The number of ether oxygens (including phenoxy) is 2. The molecule has 0 aromatic heterocycles. The summed E-state index contributed by atoms with van der Waals surface area (Å²) in [4.78, 5) is 22.7. The SMILES string of the molecule is C[Si](C)(C)O[Si](C)(C)CCCOC(=O)/C=C/C(=O)OCC(F)(F)C(F)(F)C(F)(F)C(F)F. The van der Waals surface area contributed by atoms with Crippen LogP contribution in [0, 0.1) is 0 Å². The van der Waals surface area contributed by atoms with Gasteiger partial charge in [0.2, 0.25) is 0 Å². The molecule has 188 valence electrons. The maximum Gasteiger partial charge on any atom is 0.381 e. The van der Waals surface area contributed by atoms with E-state index in [1.54, 1.807) is 0 Å². The highest BCUT2D eigenvalue weighted by Gasteiger charge is 2.75. The van der Waals surface area contributed by atoms with E-state index < -0.39 is 59.4 Å². The first-order valence-electron chi connectivity index (χ1n) is 9.28. The molecule has 0 atom stereocenters. The Morgan fingerprint density at radius 3 is 1.78 bits per heavy atom. The highest BCUT2D eigenvalue weighted by molar-refractivity contribution is 6.84. The van der Waals surface area contributed by atoms with Crippen molar-refractivity contribution in [2.75, 3.05) is 13.2 Å². The summed E-state index contributed by atoms with van der Waals surface area (Å²) >= 11 is 0. The number of rotatable bonds is 13. The smallest absolute Gasteiger partial charge is 0.381 e. The van der Waals surface area contributed by atoms with Gasteiger partial charge in [0.1, 0.15) is 0 Å². The fourth-order valence-electron chi connectivity index (χ4n) is 2.42. The second-order valence-corrected chi connectivity index (χ2v) is 17.4. The summed E-state index contributed by atoms with van der Waals surface area (Å²) in [5.41, 5.74) is 0. The predicted molar refractivity (Wildman–Crippen MR) is 103 cm³/mol. The summed E-state index contributed by atoms with van der Waals surface area (Å²) in [6.07, 6.45) is -3.93. The van der Waals surface area contributed by atoms with Gasteiger partial charge in [0.25, 0.3) is 0 Å². The lowest BCUT2D eigenvalue weighted by atomic mass is 10.1. The minimum absolute atomic E-state index is 0.0449. The molecule has 5 nitrogen and oxygen atoms in total. The molecule has 15 heteroatoms.